The lowest BCUT2D eigenvalue weighted by molar-refractivity contribution is 0.0601. The standard InChI is InChI=1S/C16H18N4O2S2/c1-22-15(21)13-10-5-3-2-4-6-11(10)24-14(13)20-16(23)19-12-9-17-7-8-18-12/h7-9H,2-6H2,1H3,(H2,18,19,20,23). The second kappa shape index (κ2) is 7.67. The molecule has 0 saturated heterocycles. The average molecular weight is 362 g/mol. The van der Waals surface area contributed by atoms with Crippen molar-refractivity contribution in [2.24, 2.45) is 0 Å². The zero-order valence-corrected chi connectivity index (χ0v) is 14.9. The van der Waals surface area contributed by atoms with Crippen molar-refractivity contribution >= 4 is 45.5 Å². The Hall–Kier alpha value is -2.06. The summed E-state index contributed by atoms with van der Waals surface area (Å²) in [5, 5.41) is 7.19. The number of fused-ring (bicyclic) bond motifs is 1. The van der Waals surface area contributed by atoms with Crippen molar-refractivity contribution in [1.82, 2.24) is 9.97 Å². The first-order valence-corrected chi connectivity index (χ1v) is 8.98. The third-order valence-corrected chi connectivity index (χ3v) is 5.25. The number of aryl methyl sites for hydroxylation is 1. The van der Waals surface area contributed by atoms with Crippen LogP contribution in [-0.4, -0.2) is 28.2 Å². The second-order valence-electron chi connectivity index (χ2n) is 5.43. The quantitative estimate of drug-likeness (QED) is 0.492. The Morgan fingerprint density at radius 3 is 2.83 bits per heavy atom. The van der Waals surface area contributed by atoms with Gasteiger partial charge in [0.1, 0.15) is 5.00 Å². The molecular formula is C16H18N4O2S2. The van der Waals surface area contributed by atoms with Crippen LogP contribution in [0.3, 0.4) is 0 Å². The van der Waals surface area contributed by atoms with Gasteiger partial charge in [0.15, 0.2) is 10.9 Å². The summed E-state index contributed by atoms with van der Waals surface area (Å²) in [6.07, 6.45) is 10.1. The summed E-state index contributed by atoms with van der Waals surface area (Å²) in [7, 11) is 1.41. The summed E-state index contributed by atoms with van der Waals surface area (Å²) in [6, 6.07) is 0. The largest absolute Gasteiger partial charge is 0.465 e. The number of thiophene rings is 1. The van der Waals surface area contributed by atoms with Gasteiger partial charge in [-0.3, -0.25) is 4.98 Å². The van der Waals surface area contributed by atoms with Gasteiger partial charge in [0.05, 0.1) is 18.9 Å². The molecule has 1 aliphatic carbocycles. The number of hydrogen-bond acceptors (Lipinski definition) is 6. The number of hydrogen-bond donors (Lipinski definition) is 2. The van der Waals surface area contributed by atoms with Gasteiger partial charge in [-0.25, -0.2) is 9.78 Å². The molecule has 24 heavy (non-hydrogen) atoms. The number of nitrogens with one attached hydrogen (secondary N) is 2. The fourth-order valence-electron chi connectivity index (χ4n) is 2.76. The Balaban J connectivity index is 1.84. The van der Waals surface area contributed by atoms with Crippen LogP contribution in [0.5, 0.6) is 0 Å². The zero-order chi connectivity index (χ0) is 16.9. The molecule has 8 heteroatoms. The predicted octanol–water partition coefficient (Wildman–Crippen LogP) is 3.40. The van der Waals surface area contributed by atoms with E-state index in [1.807, 2.05) is 0 Å². The summed E-state index contributed by atoms with van der Waals surface area (Å²) >= 11 is 6.91. The molecule has 0 aromatic carbocycles. The van der Waals surface area contributed by atoms with E-state index < -0.39 is 0 Å². The van der Waals surface area contributed by atoms with Gasteiger partial charge in [-0.15, -0.1) is 11.3 Å². The highest BCUT2D eigenvalue weighted by atomic mass is 32.1. The van der Waals surface area contributed by atoms with Crippen molar-refractivity contribution in [3.63, 3.8) is 0 Å². The summed E-state index contributed by atoms with van der Waals surface area (Å²) in [5.41, 5.74) is 1.72. The van der Waals surface area contributed by atoms with E-state index in [2.05, 4.69) is 20.6 Å². The molecule has 1 aliphatic rings. The number of thiocarbonyl (C=S) groups is 1. The topological polar surface area (TPSA) is 76.1 Å². The van der Waals surface area contributed by atoms with Crippen molar-refractivity contribution in [3.8, 4) is 0 Å². The monoisotopic (exact) mass is 362 g/mol. The molecule has 126 valence electrons. The Kier molecular flexibility index (Phi) is 5.37. The van der Waals surface area contributed by atoms with Crippen LogP contribution < -0.4 is 10.6 Å². The third kappa shape index (κ3) is 3.70. The molecular weight excluding hydrogens is 344 g/mol. The minimum absolute atomic E-state index is 0.320. The third-order valence-electron chi connectivity index (χ3n) is 3.84. The lowest BCUT2D eigenvalue weighted by Crippen LogP contribution is -2.21. The molecule has 0 unspecified atom stereocenters. The molecule has 2 aromatic heterocycles. The predicted molar refractivity (Wildman–Crippen MR) is 98.8 cm³/mol. The smallest absolute Gasteiger partial charge is 0.341 e. The Morgan fingerprint density at radius 1 is 1.25 bits per heavy atom. The van der Waals surface area contributed by atoms with E-state index in [0.717, 1.165) is 36.2 Å². The molecule has 0 aliphatic heterocycles. The van der Waals surface area contributed by atoms with E-state index in [0.29, 0.717) is 16.5 Å². The molecule has 2 heterocycles. The van der Waals surface area contributed by atoms with Crippen LogP contribution in [0.2, 0.25) is 0 Å². The second-order valence-corrected chi connectivity index (χ2v) is 6.94. The van der Waals surface area contributed by atoms with Gasteiger partial charge >= 0.3 is 5.97 Å². The van der Waals surface area contributed by atoms with Gasteiger partial charge in [0.25, 0.3) is 0 Å². The Morgan fingerprint density at radius 2 is 2.08 bits per heavy atom. The maximum Gasteiger partial charge on any atom is 0.341 e. The number of methoxy groups -OCH3 is 1. The minimum Gasteiger partial charge on any atom is -0.465 e. The highest BCUT2D eigenvalue weighted by molar-refractivity contribution is 7.80. The lowest BCUT2D eigenvalue weighted by atomic mass is 10.1. The molecule has 0 bridgehead atoms. The van der Waals surface area contributed by atoms with Crippen LogP contribution in [0, 0.1) is 0 Å². The van der Waals surface area contributed by atoms with Crippen molar-refractivity contribution in [2.45, 2.75) is 32.1 Å². The molecule has 2 N–H and O–H groups in total. The van der Waals surface area contributed by atoms with Gasteiger partial charge < -0.3 is 15.4 Å². The number of carbonyl (C=O) groups is 1. The molecule has 0 atom stereocenters. The maximum atomic E-state index is 12.3. The fourth-order valence-corrected chi connectivity index (χ4v) is 4.32. The van der Waals surface area contributed by atoms with Crippen molar-refractivity contribution in [3.05, 3.63) is 34.6 Å². The average Bonchev–Trinajstić information content (AvgIpc) is 2.76. The summed E-state index contributed by atoms with van der Waals surface area (Å²) in [5.74, 6) is 0.229. The molecule has 0 amide bonds. The van der Waals surface area contributed by atoms with E-state index in [-0.39, 0.29) is 5.97 Å². The van der Waals surface area contributed by atoms with E-state index in [1.165, 1.54) is 18.4 Å². The number of ether oxygens (including phenoxy) is 1. The van der Waals surface area contributed by atoms with Crippen LogP contribution >= 0.6 is 23.6 Å². The first-order valence-electron chi connectivity index (χ1n) is 7.76. The van der Waals surface area contributed by atoms with Gasteiger partial charge in [-0.1, -0.05) is 6.42 Å². The SMILES string of the molecule is COC(=O)c1c(NC(=S)Nc2cnccn2)sc2c1CCCCC2. The minimum atomic E-state index is -0.320. The molecule has 6 nitrogen and oxygen atoms in total. The van der Waals surface area contributed by atoms with Gasteiger partial charge in [-0.2, -0.15) is 0 Å². The summed E-state index contributed by atoms with van der Waals surface area (Å²) in [4.78, 5) is 21.6. The normalized spacial score (nSPS) is 13.5. The zero-order valence-electron chi connectivity index (χ0n) is 13.3. The molecule has 0 fully saturated rings. The van der Waals surface area contributed by atoms with Crippen molar-refractivity contribution in [1.29, 1.82) is 0 Å². The van der Waals surface area contributed by atoms with E-state index in [4.69, 9.17) is 17.0 Å². The summed E-state index contributed by atoms with van der Waals surface area (Å²) in [6.45, 7) is 0. The maximum absolute atomic E-state index is 12.3. The molecule has 0 radical (unpaired) electrons. The lowest BCUT2D eigenvalue weighted by Gasteiger charge is -2.10. The number of esters is 1. The number of aromatic nitrogens is 2. The van der Waals surface area contributed by atoms with Crippen molar-refractivity contribution in [2.75, 3.05) is 17.7 Å². The van der Waals surface area contributed by atoms with Crippen molar-refractivity contribution < 1.29 is 9.53 Å². The van der Waals surface area contributed by atoms with E-state index in [9.17, 15) is 4.79 Å². The van der Waals surface area contributed by atoms with Crippen LogP contribution in [0.25, 0.3) is 0 Å². The number of nitrogens with zero attached hydrogens (tertiary/aromatic N) is 2. The first-order chi connectivity index (χ1) is 11.7. The van der Waals surface area contributed by atoms with Gasteiger partial charge in [-0.05, 0) is 43.5 Å². The molecule has 0 spiro atoms. The molecule has 0 saturated carbocycles. The van der Waals surface area contributed by atoms with Gasteiger partial charge in [0, 0.05) is 17.3 Å². The Labute approximate surface area is 149 Å². The highest BCUT2D eigenvalue weighted by Crippen LogP contribution is 2.38. The van der Waals surface area contributed by atoms with E-state index in [1.54, 1.807) is 29.9 Å². The highest BCUT2D eigenvalue weighted by Gasteiger charge is 2.25. The van der Waals surface area contributed by atoms with Crippen LogP contribution in [-0.2, 0) is 17.6 Å². The van der Waals surface area contributed by atoms with Crippen LogP contribution in [0.15, 0.2) is 18.6 Å². The Bertz CT molecular complexity index is 746. The summed E-state index contributed by atoms with van der Waals surface area (Å²) < 4.78 is 4.98. The van der Waals surface area contributed by atoms with E-state index >= 15 is 0 Å². The fraction of sp³-hybridized carbons (Fsp3) is 0.375. The van der Waals surface area contributed by atoms with Gasteiger partial charge in [0.2, 0.25) is 0 Å². The first kappa shape index (κ1) is 16.8. The number of rotatable bonds is 3. The van der Waals surface area contributed by atoms with Crippen LogP contribution in [0.4, 0.5) is 10.8 Å². The number of anilines is 2. The number of carbonyl (C=O) groups excluding carboxylic acids is 1. The molecule has 3 rings (SSSR count). The van der Waals surface area contributed by atoms with Crippen LogP contribution in [0.1, 0.15) is 40.1 Å². The molecule has 2 aromatic rings.